The lowest BCUT2D eigenvalue weighted by atomic mass is 9.46. The summed E-state index contributed by atoms with van der Waals surface area (Å²) in [6.07, 6.45) is 0.416. The predicted molar refractivity (Wildman–Crippen MR) is 156 cm³/mol. The van der Waals surface area contributed by atoms with Crippen molar-refractivity contribution < 1.29 is 34.8 Å². The fraction of sp³-hybridized carbons (Fsp3) is 0.382. The van der Waals surface area contributed by atoms with E-state index < -0.39 is 33.8 Å². The summed E-state index contributed by atoms with van der Waals surface area (Å²) in [4.78, 5) is 38.5. The van der Waals surface area contributed by atoms with Crippen LogP contribution in [0.1, 0.15) is 87.4 Å². The third-order valence-corrected chi connectivity index (χ3v) is 9.46. The number of ketones is 3. The number of phenolic OH excluding ortho intramolecular Hbond substituents is 1. The van der Waals surface area contributed by atoms with Crippen LogP contribution in [0.25, 0.3) is 16.9 Å². The Bertz CT molecular complexity index is 1640. The number of rotatable bonds is 4. The van der Waals surface area contributed by atoms with Crippen molar-refractivity contribution in [1.29, 1.82) is 0 Å². The standard InChI is InChI=1S/C34H36O7/c1-16(2)22-12-23(21-10-8-20(9-11-21)18(4)35)29(38)27-24(22)13-32(6)15-33(7)14-25(37)26(19(5)36)17(3)34(33,41)31(40)28(32)30(27)39/h8-12,16,37-39,41H,3,13-15H2,1-2,4-7H3/t32-,33+,34+/m1/s1. The highest BCUT2D eigenvalue weighted by molar-refractivity contribution is 6.15. The molecule has 7 nitrogen and oxygen atoms in total. The van der Waals surface area contributed by atoms with Crippen LogP contribution in [-0.2, 0) is 16.0 Å². The van der Waals surface area contributed by atoms with Gasteiger partial charge < -0.3 is 20.4 Å². The van der Waals surface area contributed by atoms with Crippen LogP contribution in [0.15, 0.2) is 59.4 Å². The molecule has 1 fully saturated rings. The molecule has 1 saturated carbocycles. The fourth-order valence-corrected chi connectivity index (χ4v) is 7.58. The largest absolute Gasteiger partial charge is 0.512 e. The zero-order chi connectivity index (χ0) is 30.4. The van der Waals surface area contributed by atoms with Crippen molar-refractivity contribution in [3.8, 4) is 16.9 Å². The van der Waals surface area contributed by atoms with Crippen LogP contribution in [0.5, 0.6) is 5.75 Å². The quantitative estimate of drug-likeness (QED) is 0.326. The minimum atomic E-state index is -2.24. The molecule has 3 atom stereocenters. The number of Topliss-reactive ketones (excluding diaryl/α,β-unsaturated/α-hetero) is 3. The summed E-state index contributed by atoms with van der Waals surface area (Å²) in [7, 11) is 0. The molecule has 0 amide bonds. The third kappa shape index (κ3) is 3.78. The molecule has 0 aliphatic heterocycles. The Morgan fingerprint density at radius 2 is 1.59 bits per heavy atom. The normalized spacial score (nSPS) is 27.5. The van der Waals surface area contributed by atoms with Crippen LogP contribution >= 0.6 is 0 Å². The molecule has 0 spiro atoms. The number of aliphatic hydroxyl groups is 3. The van der Waals surface area contributed by atoms with E-state index in [0.717, 1.165) is 5.56 Å². The predicted octanol–water partition coefficient (Wildman–Crippen LogP) is 6.29. The highest BCUT2D eigenvalue weighted by Crippen LogP contribution is 2.64. The van der Waals surface area contributed by atoms with Gasteiger partial charge >= 0.3 is 0 Å². The Morgan fingerprint density at radius 1 is 0.976 bits per heavy atom. The Balaban J connectivity index is 1.77. The monoisotopic (exact) mass is 556 g/mol. The van der Waals surface area contributed by atoms with Crippen LogP contribution < -0.4 is 0 Å². The minimum Gasteiger partial charge on any atom is -0.512 e. The van der Waals surface area contributed by atoms with Crippen LogP contribution in [0, 0.1) is 10.8 Å². The Labute approximate surface area is 239 Å². The van der Waals surface area contributed by atoms with Crippen molar-refractivity contribution in [3.05, 3.63) is 81.6 Å². The van der Waals surface area contributed by atoms with E-state index >= 15 is 0 Å². The van der Waals surface area contributed by atoms with Gasteiger partial charge in [-0.2, -0.15) is 0 Å². The van der Waals surface area contributed by atoms with Gasteiger partial charge in [0.15, 0.2) is 23.0 Å². The summed E-state index contributed by atoms with van der Waals surface area (Å²) in [6, 6.07) is 8.70. The highest BCUT2D eigenvalue weighted by atomic mass is 16.3. The number of carbonyl (C=O) groups is 3. The summed E-state index contributed by atoms with van der Waals surface area (Å²) in [5.41, 5.74) is -1.39. The highest BCUT2D eigenvalue weighted by Gasteiger charge is 2.67. The lowest BCUT2D eigenvalue weighted by Crippen LogP contribution is -2.64. The molecule has 4 N–H and O–H groups in total. The molecule has 41 heavy (non-hydrogen) atoms. The number of hydrogen-bond acceptors (Lipinski definition) is 7. The molecule has 0 heterocycles. The van der Waals surface area contributed by atoms with E-state index in [0.29, 0.717) is 28.7 Å². The van der Waals surface area contributed by atoms with Gasteiger partial charge in [-0.1, -0.05) is 58.5 Å². The van der Waals surface area contributed by atoms with Crippen LogP contribution in [0.3, 0.4) is 0 Å². The molecule has 5 rings (SSSR count). The maximum atomic E-state index is 14.4. The summed E-state index contributed by atoms with van der Waals surface area (Å²) in [6.45, 7) is 14.2. The molecule has 0 saturated heterocycles. The number of benzene rings is 2. The van der Waals surface area contributed by atoms with E-state index in [4.69, 9.17) is 0 Å². The van der Waals surface area contributed by atoms with Crippen molar-refractivity contribution in [3.63, 3.8) is 0 Å². The van der Waals surface area contributed by atoms with Gasteiger partial charge in [-0.05, 0) is 60.9 Å². The molecule has 214 valence electrons. The van der Waals surface area contributed by atoms with Crippen LogP contribution in [0.2, 0.25) is 0 Å². The molecule has 0 aromatic heterocycles. The second-order valence-corrected chi connectivity index (χ2v) is 12.8. The summed E-state index contributed by atoms with van der Waals surface area (Å²) in [5, 5.41) is 46.4. The van der Waals surface area contributed by atoms with Gasteiger partial charge in [0.2, 0.25) is 0 Å². The van der Waals surface area contributed by atoms with E-state index in [-0.39, 0.29) is 58.3 Å². The maximum Gasteiger partial charge on any atom is 0.199 e. The molecule has 0 radical (unpaired) electrons. The first-order chi connectivity index (χ1) is 19.0. The lowest BCUT2D eigenvalue weighted by Gasteiger charge is -2.57. The van der Waals surface area contributed by atoms with Gasteiger partial charge in [-0.25, -0.2) is 0 Å². The SMILES string of the molecule is C=C1C(C(C)=O)=C(O)C[C@@]2(C)C[C@@]3(C)Cc4c(C(C)C)cc(-c5ccc(C(C)=O)cc5)c(O)c4C(O)=C3C(=O)[C@@]12O. The van der Waals surface area contributed by atoms with Crippen molar-refractivity contribution in [2.24, 2.45) is 10.8 Å². The number of aromatic hydroxyl groups is 1. The molecule has 0 unspecified atom stereocenters. The maximum absolute atomic E-state index is 14.4. The number of carbonyl (C=O) groups excluding carboxylic acids is 3. The van der Waals surface area contributed by atoms with Gasteiger partial charge in [0, 0.05) is 34.0 Å². The zero-order valence-electron chi connectivity index (χ0n) is 24.3. The second-order valence-electron chi connectivity index (χ2n) is 12.8. The fourth-order valence-electron chi connectivity index (χ4n) is 7.58. The smallest absolute Gasteiger partial charge is 0.199 e. The molecule has 0 bridgehead atoms. The van der Waals surface area contributed by atoms with Gasteiger partial charge in [0.05, 0.1) is 11.1 Å². The lowest BCUT2D eigenvalue weighted by molar-refractivity contribution is -0.154. The molecule has 2 aromatic rings. The van der Waals surface area contributed by atoms with Gasteiger partial charge in [-0.3, -0.25) is 14.4 Å². The first-order valence-electron chi connectivity index (χ1n) is 13.8. The number of hydrogen-bond donors (Lipinski definition) is 4. The molecule has 2 aromatic carbocycles. The first-order valence-corrected chi connectivity index (χ1v) is 13.8. The minimum absolute atomic E-state index is 0.00363. The number of aliphatic hydroxyl groups excluding tert-OH is 2. The van der Waals surface area contributed by atoms with E-state index in [1.54, 1.807) is 31.2 Å². The molecular weight excluding hydrogens is 520 g/mol. The molecule has 7 heteroatoms. The van der Waals surface area contributed by atoms with E-state index in [1.807, 2.05) is 26.8 Å². The first kappa shape index (κ1) is 28.6. The van der Waals surface area contributed by atoms with Gasteiger partial charge in [0.1, 0.15) is 17.3 Å². The number of fused-ring (bicyclic) bond motifs is 3. The summed E-state index contributed by atoms with van der Waals surface area (Å²) < 4.78 is 0. The van der Waals surface area contributed by atoms with Crippen molar-refractivity contribution in [2.75, 3.05) is 0 Å². The average molecular weight is 557 g/mol. The van der Waals surface area contributed by atoms with Crippen LogP contribution in [0.4, 0.5) is 0 Å². The Kier molecular flexibility index (Phi) is 6.28. The average Bonchev–Trinajstić information content (AvgIpc) is 2.85. The second kappa shape index (κ2) is 9.02. The Morgan fingerprint density at radius 3 is 2.12 bits per heavy atom. The van der Waals surface area contributed by atoms with E-state index in [2.05, 4.69) is 6.58 Å². The van der Waals surface area contributed by atoms with Crippen molar-refractivity contribution in [2.45, 2.75) is 72.3 Å². The number of allylic oxidation sites excluding steroid dienone is 1. The molecule has 3 aliphatic rings. The van der Waals surface area contributed by atoms with Crippen LogP contribution in [-0.4, -0.2) is 43.4 Å². The third-order valence-electron chi connectivity index (χ3n) is 9.46. The number of phenols is 1. The topological polar surface area (TPSA) is 132 Å². The van der Waals surface area contributed by atoms with Gasteiger partial charge in [-0.15, -0.1) is 0 Å². The van der Waals surface area contributed by atoms with E-state index in [9.17, 15) is 34.8 Å². The Hall–Kier alpha value is -3.97. The van der Waals surface area contributed by atoms with Crippen molar-refractivity contribution >= 4 is 23.1 Å². The van der Waals surface area contributed by atoms with E-state index in [1.165, 1.54) is 13.8 Å². The van der Waals surface area contributed by atoms with Crippen molar-refractivity contribution in [1.82, 2.24) is 0 Å². The van der Waals surface area contributed by atoms with Gasteiger partial charge in [0.25, 0.3) is 0 Å². The summed E-state index contributed by atoms with van der Waals surface area (Å²) >= 11 is 0. The summed E-state index contributed by atoms with van der Waals surface area (Å²) in [5.74, 6) is -2.21. The molecule has 3 aliphatic carbocycles. The zero-order valence-corrected chi connectivity index (χ0v) is 24.3. The molecular formula is C34H36O7.